The van der Waals surface area contributed by atoms with Gasteiger partial charge in [0.25, 0.3) is 11.8 Å². The molecule has 0 atom stereocenters. The van der Waals surface area contributed by atoms with E-state index in [1.54, 1.807) is 10.9 Å². The molecule has 1 aliphatic carbocycles. The lowest BCUT2D eigenvalue weighted by Crippen LogP contribution is -2.58. The van der Waals surface area contributed by atoms with Crippen LogP contribution in [0.25, 0.3) is 0 Å². The number of aliphatic hydroxyl groups is 3. The molecule has 2 amide bonds. The summed E-state index contributed by atoms with van der Waals surface area (Å²) in [5, 5.41) is 30.2. The second-order valence-electron chi connectivity index (χ2n) is 3.76. The summed E-state index contributed by atoms with van der Waals surface area (Å²) in [7, 11) is 0. The summed E-state index contributed by atoms with van der Waals surface area (Å²) in [6.45, 7) is 0. The van der Waals surface area contributed by atoms with Gasteiger partial charge in [0, 0.05) is 0 Å². The van der Waals surface area contributed by atoms with Gasteiger partial charge in [-0.1, -0.05) is 0 Å². The van der Waals surface area contributed by atoms with E-state index in [2.05, 4.69) is 37.9 Å². The van der Waals surface area contributed by atoms with E-state index in [-0.39, 0.29) is 0 Å². The molecule has 0 aromatic heterocycles. The Kier molecular flexibility index (Phi) is 4.58. The maximum Gasteiger partial charge on any atom is 0.276 e. The average Bonchev–Trinajstić information content (AvgIpc) is 2.46. The van der Waals surface area contributed by atoms with Crippen molar-refractivity contribution < 1.29 is 24.9 Å². The summed E-state index contributed by atoms with van der Waals surface area (Å²) >= 11 is 11.4. The summed E-state index contributed by atoms with van der Waals surface area (Å²) in [4.78, 5) is 21.9. The van der Waals surface area contributed by atoms with Crippen LogP contribution in [0, 0.1) is 0 Å². The minimum absolute atomic E-state index is 0.693. The fourth-order valence-electron chi connectivity index (χ4n) is 1.55. The van der Waals surface area contributed by atoms with Gasteiger partial charge in [0.2, 0.25) is 10.3 Å². The zero-order valence-electron chi connectivity index (χ0n) is 9.65. The number of carbonyl (C=O) groups is 2. The van der Waals surface area contributed by atoms with Crippen molar-refractivity contribution >= 4 is 49.7 Å². The van der Waals surface area contributed by atoms with E-state index in [1.807, 2.05) is 0 Å². The Labute approximate surface area is 129 Å². The molecule has 20 heavy (non-hydrogen) atoms. The van der Waals surface area contributed by atoms with Gasteiger partial charge in [-0.15, -0.1) is 37.9 Å². The van der Waals surface area contributed by atoms with Crippen molar-refractivity contribution in [3.63, 3.8) is 0 Å². The molecule has 0 heterocycles. The molecular weight excluding hydrogens is 328 g/mol. The number of thiol groups is 3. The first kappa shape index (κ1) is 17.0. The lowest BCUT2D eigenvalue weighted by molar-refractivity contribution is -0.133. The molecule has 0 unspecified atom stereocenters. The van der Waals surface area contributed by atoms with Crippen LogP contribution in [0.2, 0.25) is 0 Å². The van der Waals surface area contributed by atoms with Crippen LogP contribution in [0.15, 0.2) is 21.3 Å². The largest absolute Gasteiger partial charge is 0.509 e. The number of nitrogens with one attached hydrogen (secondary N) is 2. The van der Waals surface area contributed by atoms with Crippen LogP contribution in [-0.4, -0.2) is 37.5 Å². The Morgan fingerprint density at radius 3 is 1.65 bits per heavy atom. The molecule has 112 valence electrons. The van der Waals surface area contributed by atoms with Crippen molar-refractivity contribution in [1.29, 1.82) is 0 Å². The summed E-state index contributed by atoms with van der Waals surface area (Å²) in [5.41, 5.74) is 0.619. The molecule has 1 rings (SSSR count). The molecule has 0 aromatic carbocycles. The number of rotatable bonds is 2. The smallest absolute Gasteiger partial charge is 0.276 e. The highest BCUT2D eigenvalue weighted by Crippen LogP contribution is 2.47. The van der Waals surface area contributed by atoms with E-state index in [0.29, 0.717) is 0 Å². The van der Waals surface area contributed by atoms with Crippen LogP contribution in [0.1, 0.15) is 0 Å². The second kappa shape index (κ2) is 5.38. The first-order valence-electron chi connectivity index (χ1n) is 4.83. The maximum atomic E-state index is 11.7. The Morgan fingerprint density at radius 1 is 1.00 bits per heavy atom. The maximum absolute atomic E-state index is 11.7. The zero-order chi connectivity index (χ0) is 15.9. The van der Waals surface area contributed by atoms with E-state index >= 15 is 0 Å². The van der Waals surface area contributed by atoms with E-state index in [4.69, 9.17) is 11.7 Å². The normalized spacial score (nSPS) is 30.3. The monoisotopic (exact) mass is 340 g/mol. The van der Waals surface area contributed by atoms with Gasteiger partial charge in [-0.3, -0.25) is 20.4 Å². The molecule has 9 nitrogen and oxygen atoms in total. The number of nitrogens with two attached hydrogens (primary N) is 2. The molecule has 0 saturated carbocycles. The van der Waals surface area contributed by atoms with E-state index in [1.165, 1.54) is 0 Å². The number of hydrogen-bond donors (Lipinski definition) is 10. The molecule has 0 aliphatic heterocycles. The lowest BCUT2D eigenvalue weighted by atomic mass is 9.86. The van der Waals surface area contributed by atoms with Crippen molar-refractivity contribution in [3.05, 3.63) is 21.3 Å². The molecule has 0 bridgehead atoms. The highest BCUT2D eigenvalue weighted by Gasteiger charge is 2.58. The van der Waals surface area contributed by atoms with Gasteiger partial charge < -0.3 is 15.3 Å². The average molecular weight is 340 g/mol. The molecular formula is C8H12N4O5S3. The van der Waals surface area contributed by atoms with Gasteiger partial charge in [-0.25, -0.2) is 11.7 Å². The van der Waals surface area contributed by atoms with Gasteiger partial charge in [-0.2, -0.15) is 0 Å². The molecule has 9 N–H and O–H groups in total. The quantitative estimate of drug-likeness (QED) is 0.117. The third kappa shape index (κ3) is 1.96. The fraction of sp³-hybridized carbons (Fsp3) is 0.250. The minimum Gasteiger partial charge on any atom is -0.509 e. The lowest BCUT2D eigenvalue weighted by Gasteiger charge is -2.38. The summed E-state index contributed by atoms with van der Waals surface area (Å²) in [5.74, 6) is 5.44. The molecule has 12 heteroatoms. The van der Waals surface area contributed by atoms with Crippen LogP contribution in [0.4, 0.5) is 0 Å². The number of amides is 2. The Morgan fingerprint density at radius 2 is 1.35 bits per heavy atom. The van der Waals surface area contributed by atoms with Crippen LogP contribution in [-0.2, 0) is 9.59 Å². The molecule has 0 fully saturated rings. The Hall–Kier alpha value is -1.05. The number of aliphatic hydroxyl groups excluding tert-OH is 2. The van der Waals surface area contributed by atoms with Crippen molar-refractivity contribution in [2.24, 2.45) is 11.7 Å². The number of carbonyl (C=O) groups excluding carboxylic acids is 2. The Balaban J connectivity index is 3.67. The van der Waals surface area contributed by atoms with Crippen molar-refractivity contribution in [1.82, 2.24) is 10.9 Å². The summed E-state index contributed by atoms with van der Waals surface area (Å²) in [6, 6.07) is 0. The third-order valence-electron chi connectivity index (χ3n) is 2.74. The van der Waals surface area contributed by atoms with E-state index in [9.17, 15) is 24.9 Å². The topological polar surface area (TPSA) is 171 Å². The Bertz CT molecular complexity index is 474. The van der Waals surface area contributed by atoms with Gasteiger partial charge >= 0.3 is 0 Å². The number of hydrazine groups is 2. The third-order valence-corrected chi connectivity index (χ3v) is 4.44. The standard InChI is InChI=1S/C8H12N4O5S3/c9-11-5(15)7(17)3(18)1(13)8(20,6(16)12-10)2(14)4(7)19/h13-14,17-20H,9-10H2,(H,11,15)(H,12,16). The molecule has 1 aliphatic rings. The highest BCUT2D eigenvalue weighted by atomic mass is 32.1. The first-order chi connectivity index (χ1) is 9.09. The molecule has 0 aromatic rings. The van der Waals surface area contributed by atoms with Crippen molar-refractivity contribution in [2.45, 2.75) is 10.3 Å². The number of hydrogen-bond acceptors (Lipinski definition) is 10. The molecule has 0 saturated heterocycles. The SMILES string of the molecule is NNC(=O)C1(O)C(S)=C(O)C(S)(C(=O)NN)C(O)=C1S. The fourth-order valence-corrected chi connectivity index (χ4v) is 2.86. The zero-order valence-corrected chi connectivity index (χ0v) is 12.3. The predicted octanol–water partition coefficient (Wildman–Crippen LogP) is -2.22. The van der Waals surface area contributed by atoms with Gasteiger partial charge in [0.05, 0.1) is 9.81 Å². The summed E-state index contributed by atoms with van der Waals surface area (Å²) < 4.78 is -2.36. The van der Waals surface area contributed by atoms with E-state index in [0.717, 1.165) is 0 Å². The van der Waals surface area contributed by atoms with Crippen LogP contribution < -0.4 is 22.5 Å². The molecule has 0 radical (unpaired) electrons. The van der Waals surface area contributed by atoms with E-state index < -0.39 is 43.5 Å². The van der Waals surface area contributed by atoms with Crippen LogP contribution in [0.5, 0.6) is 0 Å². The second-order valence-corrected chi connectivity index (χ2v) is 5.33. The van der Waals surface area contributed by atoms with Crippen molar-refractivity contribution in [3.8, 4) is 0 Å². The van der Waals surface area contributed by atoms with Gasteiger partial charge in [0.15, 0.2) is 0 Å². The van der Waals surface area contributed by atoms with Gasteiger partial charge in [0.1, 0.15) is 11.5 Å². The van der Waals surface area contributed by atoms with Crippen LogP contribution in [0.3, 0.4) is 0 Å². The molecule has 0 spiro atoms. The summed E-state index contributed by atoms with van der Waals surface area (Å²) in [6.07, 6.45) is 0. The van der Waals surface area contributed by atoms with Crippen LogP contribution >= 0.6 is 37.9 Å². The van der Waals surface area contributed by atoms with Crippen molar-refractivity contribution in [2.75, 3.05) is 0 Å². The minimum atomic E-state index is -2.67. The van der Waals surface area contributed by atoms with Gasteiger partial charge in [-0.05, 0) is 0 Å². The predicted molar refractivity (Wildman–Crippen MR) is 78.6 cm³/mol. The first-order valence-corrected chi connectivity index (χ1v) is 6.17. The highest BCUT2D eigenvalue weighted by molar-refractivity contribution is 7.87.